The molecule has 53 heavy (non-hydrogen) atoms. The van der Waals surface area contributed by atoms with Gasteiger partial charge in [-0.2, -0.15) is 0 Å². The SMILES string of the molecule is N=C(N)NC(=N)N.N=C(N)NC(=N)N.N=C(N)NC(=N)N.NC(=[NH2+])[NH+]=C(N)N.O=[N+]([O-])[O-].O=[N+]([O-])[O-].O=[N+]([O-])[O-].O=[N+]([O-])[O-].O=[N+]([O-])[O-].O=[N+]([O-])[O-].[Mn]. The van der Waals surface area contributed by atoms with Gasteiger partial charge in [-0.3, -0.25) is 48.4 Å². The second-order valence-electron chi connectivity index (χ2n) is 5.23. The van der Waals surface area contributed by atoms with Crippen molar-refractivity contribution in [2.75, 3.05) is 0 Å². The van der Waals surface area contributed by atoms with E-state index in [1.54, 1.807) is 0 Å². The number of nitrogens with zero attached hydrogens (tertiary/aromatic N) is 6. The summed E-state index contributed by atoms with van der Waals surface area (Å²) in [6, 6.07) is 0. The zero-order chi connectivity index (χ0) is 44.9. The quantitative estimate of drug-likeness (QED) is 0.0354. The predicted octanol–water partition coefficient (Wildman–Crippen LogP) is -11.9. The Kier molecular flexibility index (Phi) is 77.5. The molecule has 0 spiro atoms. The predicted molar refractivity (Wildman–Crippen MR) is 169 cm³/mol. The molecule has 0 fully saturated rings. The molecule has 0 saturated carbocycles. The zero-order valence-corrected chi connectivity index (χ0v) is 26.4. The fourth-order valence-electron chi connectivity index (χ4n) is 0.602. The van der Waals surface area contributed by atoms with Gasteiger partial charge in [-0.15, -0.1) is 4.99 Å². The van der Waals surface area contributed by atoms with Crippen LogP contribution in [0.3, 0.4) is 0 Å². The molecule has 30 N–H and O–H groups in total. The first kappa shape index (κ1) is 74.5. The van der Waals surface area contributed by atoms with Gasteiger partial charge in [-0.1, -0.05) is 0 Å². The minimum atomic E-state index is -1.75. The Hall–Kier alpha value is -9.32. The third kappa shape index (κ3) is 1580. The molecule has 0 aromatic rings. The van der Waals surface area contributed by atoms with Gasteiger partial charge in [0.1, 0.15) is 0 Å². The number of nitrogens with one attached hydrogen (secondary N) is 10. The van der Waals surface area contributed by atoms with E-state index in [0.29, 0.717) is 0 Å². The summed E-state index contributed by atoms with van der Waals surface area (Å²) in [6.45, 7) is 0. The minimum absolute atomic E-state index is 0. The second kappa shape index (κ2) is 55.1. The molecule has 0 aliphatic rings. The van der Waals surface area contributed by atoms with Crippen LogP contribution in [0.5, 0.6) is 0 Å². The average Bonchev–Trinajstić information content (AvgIpc) is 2.74. The van der Waals surface area contributed by atoms with Gasteiger partial charge in [-0.05, 0) is 0 Å². The number of rotatable bonds is 0. The van der Waals surface area contributed by atoms with Gasteiger partial charge < -0.3 is 138 Å². The summed E-state index contributed by atoms with van der Waals surface area (Å²) in [7, 11) is 0. The van der Waals surface area contributed by atoms with Crippen molar-refractivity contribution in [1.82, 2.24) is 16.0 Å². The molecular weight excluding hydrogens is 803 g/mol. The molecule has 0 rings (SSSR count). The maximum atomic E-state index is 8.25. The van der Waals surface area contributed by atoms with Crippen LogP contribution in [0.15, 0.2) is 0 Å². The molecule has 311 valence electrons. The molecule has 45 heteroatoms. The fourth-order valence-corrected chi connectivity index (χ4v) is 0.602. The molecule has 0 bridgehead atoms. The first-order valence-electron chi connectivity index (χ1n) is 9.67. The monoisotopic (exact) mass is 833 g/mol. The molecule has 0 heterocycles. The number of nitrogens with two attached hydrogens (primary N) is 10. The van der Waals surface area contributed by atoms with E-state index in [-0.39, 0.29) is 64.7 Å². The maximum absolute atomic E-state index is 8.25. The van der Waals surface area contributed by atoms with E-state index in [2.05, 4.69) is 4.99 Å². The number of hydrogen-bond donors (Lipinski definition) is 20. The molecule has 0 aromatic carbocycles. The summed E-state index contributed by atoms with van der Waals surface area (Å²) in [5, 5.41) is 138. The van der Waals surface area contributed by atoms with E-state index < -0.39 is 30.5 Å². The Bertz CT molecular complexity index is 958. The van der Waals surface area contributed by atoms with Crippen LogP contribution in [0.4, 0.5) is 0 Å². The Labute approximate surface area is 298 Å². The van der Waals surface area contributed by atoms with Crippen molar-refractivity contribution in [3.63, 3.8) is 0 Å². The average molecular weight is 833 g/mol. The smallest absolute Gasteiger partial charge is 0.370 e. The van der Waals surface area contributed by atoms with Crippen LogP contribution in [0.2, 0.25) is 0 Å². The normalized spacial score (nSPS) is 6.64. The van der Waals surface area contributed by atoms with Crippen LogP contribution in [0.25, 0.3) is 0 Å². The van der Waals surface area contributed by atoms with Crippen LogP contribution in [-0.4, -0.2) is 78.2 Å². The van der Waals surface area contributed by atoms with Crippen molar-refractivity contribution in [2.45, 2.75) is 0 Å². The Morgan fingerprint density at radius 3 is 0.491 bits per heavy atom. The Morgan fingerprint density at radius 1 is 0.396 bits per heavy atom. The molecular formula is C8H30MnN26O18-4. The van der Waals surface area contributed by atoms with Crippen LogP contribution >= 0.6 is 0 Å². The van der Waals surface area contributed by atoms with Gasteiger partial charge in [0.25, 0.3) is 5.96 Å². The van der Waals surface area contributed by atoms with Crippen molar-refractivity contribution in [3.8, 4) is 0 Å². The topological polar surface area (TPSA) is 850 Å². The first-order chi connectivity index (χ1) is 22.9. The van der Waals surface area contributed by atoms with Crippen LogP contribution in [0.1, 0.15) is 0 Å². The summed E-state index contributed by atoms with van der Waals surface area (Å²) < 4.78 is 0. The van der Waals surface area contributed by atoms with E-state index in [9.17, 15) is 0 Å². The molecule has 0 aliphatic heterocycles. The van der Waals surface area contributed by atoms with Gasteiger partial charge >= 0.3 is 5.96 Å². The van der Waals surface area contributed by atoms with E-state index in [4.69, 9.17) is 181 Å². The molecule has 0 aliphatic carbocycles. The van der Waals surface area contributed by atoms with Gasteiger partial charge in [0.2, 0.25) is 0 Å². The second-order valence-corrected chi connectivity index (χ2v) is 5.23. The van der Waals surface area contributed by atoms with Crippen molar-refractivity contribution < 1.29 is 58.0 Å². The molecule has 1 radical (unpaired) electrons. The molecule has 0 atom stereocenters. The number of guanidine groups is 8. The minimum Gasteiger partial charge on any atom is -0.370 e. The molecule has 0 saturated heterocycles. The summed E-state index contributed by atoms with van der Waals surface area (Å²) in [6.07, 6.45) is 0. The summed E-state index contributed by atoms with van der Waals surface area (Å²) >= 11 is 0. The van der Waals surface area contributed by atoms with Crippen molar-refractivity contribution in [1.29, 1.82) is 32.5 Å². The molecule has 0 unspecified atom stereocenters. The summed E-state index contributed by atoms with van der Waals surface area (Å²) in [5.74, 6) is -1.87. The van der Waals surface area contributed by atoms with Gasteiger partial charge in [0.15, 0.2) is 35.8 Å². The fraction of sp³-hybridized carbons (Fsp3) is 0. The van der Waals surface area contributed by atoms with Crippen LogP contribution < -0.4 is 78.0 Å². The first-order valence-corrected chi connectivity index (χ1v) is 9.67. The third-order valence-corrected chi connectivity index (χ3v) is 1.10. The Balaban J connectivity index is -0.0000000415. The zero-order valence-electron chi connectivity index (χ0n) is 25.2. The summed E-state index contributed by atoms with van der Waals surface area (Å²) in [5.41, 5.74) is 43.2. The van der Waals surface area contributed by atoms with E-state index in [1.165, 1.54) is 0 Å². The van der Waals surface area contributed by atoms with E-state index in [0.717, 1.165) is 0 Å². The van der Waals surface area contributed by atoms with Crippen LogP contribution in [-0.2, 0) is 17.1 Å². The van der Waals surface area contributed by atoms with Gasteiger partial charge in [0.05, 0.1) is 30.5 Å². The molecule has 0 aromatic heterocycles. The third-order valence-electron chi connectivity index (χ3n) is 1.10. The molecule has 44 nitrogen and oxygen atoms in total. The standard InChI is InChI=1S/4C2H7N5.Mn.6NO3/c4*3-1(4)7-2(5)6;;6*2-1(3)4/h4*(H7,3,4,5,6,7);;;;;;;/q;;;;;6*-1/p+2. The van der Waals surface area contributed by atoms with Crippen molar-refractivity contribution in [3.05, 3.63) is 91.9 Å². The van der Waals surface area contributed by atoms with Crippen LogP contribution in [0, 0.1) is 124 Å². The van der Waals surface area contributed by atoms with Crippen molar-refractivity contribution in [2.24, 2.45) is 51.6 Å². The van der Waals surface area contributed by atoms with Gasteiger partial charge in [-0.25, -0.2) is 11.1 Å². The molecule has 0 amide bonds. The number of hydrogen-bond acceptors (Lipinski definition) is 24. The summed E-state index contributed by atoms with van der Waals surface area (Å²) in [4.78, 5) is 51.8. The van der Waals surface area contributed by atoms with Gasteiger partial charge in [0, 0.05) is 17.1 Å². The van der Waals surface area contributed by atoms with E-state index in [1.807, 2.05) is 16.0 Å². The largest absolute Gasteiger partial charge is 0.515 e. The maximum Gasteiger partial charge on any atom is 0.515 e. The Morgan fingerprint density at radius 2 is 0.491 bits per heavy atom. The van der Waals surface area contributed by atoms with E-state index >= 15 is 0 Å². The van der Waals surface area contributed by atoms with Crippen molar-refractivity contribution >= 4 is 47.7 Å².